The number of anilines is 4. The third-order valence-corrected chi connectivity index (χ3v) is 7.39. The van der Waals surface area contributed by atoms with Gasteiger partial charge in [0, 0.05) is 29.4 Å². The molecule has 2 aromatic carbocycles. The maximum absolute atomic E-state index is 14.0. The number of para-hydroxylation sites is 1. The summed E-state index contributed by atoms with van der Waals surface area (Å²) in [6.45, 7) is 3.29. The van der Waals surface area contributed by atoms with Gasteiger partial charge in [-0.3, -0.25) is 14.1 Å². The van der Waals surface area contributed by atoms with Gasteiger partial charge in [0.05, 0.1) is 17.6 Å². The van der Waals surface area contributed by atoms with Crippen molar-refractivity contribution in [1.29, 1.82) is 0 Å². The lowest BCUT2D eigenvalue weighted by Gasteiger charge is -2.14. The van der Waals surface area contributed by atoms with Crippen molar-refractivity contribution in [3.63, 3.8) is 0 Å². The number of likely N-dealkylation sites (tertiary alicyclic amines) is 1. The van der Waals surface area contributed by atoms with Crippen LogP contribution in [0.2, 0.25) is 0 Å². The molecule has 10 heteroatoms. The molecule has 192 valence electrons. The molecular formula is C28H26FN7OS. The number of nitrogens with zero attached hydrogens (tertiary/aromatic N) is 4. The number of fused-ring (bicyclic) bond motifs is 1. The van der Waals surface area contributed by atoms with Gasteiger partial charge in [-0.05, 0) is 80.0 Å². The van der Waals surface area contributed by atoms with Crippen LogP contribution in [0.1, 0.15) is 28.8 Å². The number of rotatable bonds is 7. The van der Waals surface area contributed by atoms with Gasteiger partial charge in [0.15, 0.2) is 5.13 Å². The van der Waals surface area contributed by atoms with Crippen LogP contribution in [-0.2, 0) is 6.54 Å². The molecule has 4 N–H and O–H groups in total. The van der Waals surface area contributed by atoms with Crippen LogP contribution >= 0.6 is 11.3 Å². The van der Waals surface area contributed by atoms with Gasteiger partial charge in [-0.1, -0.05) is 6.07 Å². The highest BCUT2D eigenvalue weighted by atomic mass is 32.1. The molecule has 38 heavy (non-hydrogen) atoms. The fourth-order valence-corrected chi connectivity index (χ4v) is 5.37. The molecular weight excluding hydrogens is 501 g/mol. The van der Waals surface area contributed by atoms with Crippen molar-refractivity contribution in [2.45, 2.75) is 19.4 Å². The van der Waals surface area contributed by atoms with E-state index >= 15 is 0 Å². The van der Waals surface area contributed by atoms with E-state index in [1.165, 1.54) is 47.9 Å². The van der Waals surface area contributed by atoms with Crippen molar-refractivity contribution in [3.8, 4) is 11.4 Å². The maximum Gasteiger partial charge on any atom is 0.255 e. The van der Waals surface area contributed by atoms with E-state index in [1.54, 1.807) is 24.3 Å². The van der Waals surface area contributed by atoms with Crippen molar-refractivity contribution < 1.29 is 9.18 Å². The second kappa shape index (κ2) is 10.2. The molecule has 0 bridgehead atoms. The van der Waals surface area contributed by atoms with E-state index in [9.17, 15) is 9.18 Å². The minimum atomic E-state index is -0.579. The molecule has 0 saturated carbocycles. The molecule has 5 aromatic rings. The Balaban J connectivity index is 1.13. The minimum absolute atomic E-state index is 0.0229. The first-order chi connectivity index (χ1) is 18.5. The summed E-state index contributed by atoms with van der Waals surface area (Å²) in [5.74, 6) is -1.02. The van der Waals surface area contributed by atoms with Crippen LogP contribution in [0.5, 0.6) is 0 Å². The summed E-state index contributed by atoms with van der Waals surface area (Å²) in [5.41, 5.74) is 11.0. The predicted molar refractivity (Wildman–Crippen MR) is 149 cm³/mol. The van der Waals surface area contributed by atoms with Crippen molar-refractivity contribution in [2.75, 3.05) is 29.5 Å². The number of thiazole rings is 1. The smallest absolute Gasteiger partial charge is 0.255 e. The van der Waals surface area contributed by atoms with E-state index in [4.69, 9.17) is 10.7 Å². The second-order valence-corrected chi connectivity index (χ2v) is 10.1. The van der Waals surface area contributed by atoms with Crippen LogP contribution in [0.15, 0.2) is 72.4 Å². The summed E-state index contributed by atoms with van der Waals surface area (Å²) in [7, 11) is 0. The molecule has 0 aliphatic carbocycles. The van der Waals surface area contributed by atoms with Gasteiger partial charge in [0.1, 0.15) is 22.8 Å². The number of carbonyl (C=O) groups is 1. The summed E-state index contributed by atoms with van der Waals surface area (Å²) < 4.78 is 16.1. The number of halogens is 1. The van der Waals surface area contributed by atoms with Crippen LogP contribution in [0.25, 0.3) is 17.0 Å². The molecule has 4 heterocycles. The van der Waals surface area contributed by atoms with Crippen molar-refractivity contribution in [2.24, 2.45) is 0 Å². The quantitative estimate of drug-likeness (QED) is 0.232. The molecule has 1 fully saturated rings. The Hall–Kier alpha value is -4.28. The Kier molecular flexibility index (Phi) is 6.48. The van der Waals surface area contributed by atoms with Gasteiger partial charge in [-0.25, -0.2) is 14.4 Å². The molecule has 8 nitrogen and oxygen atoms in total. The lowest BCUT2D eigenvalue weighted by Crippen LogP contribution is -2.18. The zero-order valence-corrected chi connectivity index (χ0v) is 21.3. The van der Waals surface area contributed by atoms with Gasteiger partial charge in [0.25, 0.3) is 5.91 Å². The average Bonchev–Trinajstić information content (AvgIpc) is 3.68. The van der Waals surface area contributed by atoms with Crippen LogP contribution in [-0.4, -0.2) is 38.3 Å². The molecule has 1 saturated heterocycles. The Morgan fingerprint density at radius 2 is 1.92 bits per heavy atom. The van der Waals surface area contributed by atoms with Crippen LogP contribution < -0.4 is 16.4 Å². The van der Waals surface area contributed by atoms with E-state index in [1.807, 2.05) is 11.6 Å². The first kappa shape index (κ1) is 24.1. The van der Waals surface area contributed by atoms with Gasteiger partial charge >= 0.3 is 0 Å². The Bertz CT molecular complexity index is 1590. The number of nitrogens with two attached hydrogens (primary N) is 1. The zero-order chi connectivity index (χ0) is 26.1. The Labute approximate surface area is 223 Å². The third-order valence-electron chi connectivity index (χ3n) is 6.63. The first-order valence-corrected chi connectivity index (χ1v) is 13.3. The highest BCUT2D eigenvalue weighted by Gasteiger charge is 2.15. The standard InChI is InChI=1S/C28H26FN7OS/c29-21-4-3-5-22(30)26(21)34-27(37)19-6-8-20(9-7-19)32-28-33-23(17-38-28)24-15-31-25-14-18(10-13-36(24)25)16-35-11-1-2-12-35/h3-10,13-15,17H,1-2,11-12,16,30H2,(H,32,33)(H,34,37). The number of nitrogens with one attached hydrogen (secondary N) is 2. The molecule has 0 radical (unpaired) electrons. The van der Waals surface area contributed by atoms with Crippen molar-refractivity contribution >= 4 is 45.1 Å². The number of imidazole rings is 1. The monoisotopic (exact) mass is 527 g/mol. The van der Waals surface area contributed by atoms with Crippen LogP contribution in [0, 0.1) is 5.82 Å². The number of benzene rings is 2. The van der Waals surface area contributed by atoms with E-state index < -0.39 is 11.7 Å². The third kappa shape index (κ3) is 4.96. The number of hydrogen-bond acceptors (Lipinski definition) is 7. The fourth-order valence-electron chi connectivity index (χ4n) is 4.65. The molecule has 1 aliphatic rings. The predicted octanol–water partition coefficient (Wildman–Crippen LogP) is 5.77. The van der Waals surface area contributed by atoms with Crippen molar-refractivity contribution in [3.05, 3.63) is 89.3 Å². The Morgan fingerprint density at radius 3 is 2.71 bits per heavy atom. The largest absolute Gasteiger partial charge is 0.397 e. The minimum Gasteiger partial charge on any atom is -0.397 e. The summed E-state index contributed by atoms with van der Waals surface area (Å²) >= 11 is 1.49. The lowest BCUT2D eigenvalue weighted by atomic mass is 10.2. The molecule has 6 rings (SSSR count). The van der Waals surface area contributed by atoms with E-state index in [0.717, 1.165) is 47.5 Å². The van der Waals surface area contributed by atoms with Gasteiger partial charge in [-0.2, -0.15) is 0 Å². The second-order valence-electron chi connectivity index (χ2n) is 9.29. The van der Waals surface area contributed by atoms with Crippen molar-refractivity contribution in [1.82, 2.24) is 19.3 Å². The van der Waals surface area contributed by atoms with Gasteiger partial charge in [-0.15, -0.1) is 11.3 Å². The zero-order valence-electron chi connectivity index (χ0n) is 20.5. The van der Waals surface area contributed by atoms with Crippen LogP contribution in [0.3, 0.4) is 0 Å². The number of amides is 1. The average molecular weight is 528 g/mol. The number of pyridine rings is 1. The summed E-state index contributed by atoms with van der Waals surface area (Å²) in [4.78, 5) is 24.4. The lowest BCUT2D eigenvalue weighted by molar-refractivity contribution is 0.102. The number of nitrogen functional groups attached to an aromatic ring is 1. The Morgan fingerprint density at radius 1 is 1.11 bits per heavy atom. The molecule has 0 spiro atoms. The van der Waals surface area contributed by atoms with Gasteiger partial charge in [0.2, 0.25) is 0 Å². The molecule has 0 atom stereocenters. The molecule has 1 amide bonds. The summed E-state index contributed by atoms with van der Waals surface area (Å²) in [6.07, 6.45) is 6.47. The summed E-state index contributed by atoms with van der Waals surface area (Å²) in [5, 5.41) is 8.53. The number of carbonyl (C=O) groups excluding carboxylic acids is 1. The normalized spacial score (nSPS) is 13.7. The van der Waals surface area contributed by atoms with E-state index in [0.29, 0.717) is 5.56 Å². The SMILES string of the molecule is Nc1cccc(F)c1NC(=O)c1ccc(Nc2nc(-c3cnc4cc(CN5CCCC5)ccn34)cs2)cc1. The van der Waals surface area contributed by atoms with E-state index in [-0.39, 0.29) is 11.4 Å². The summed E-state index contributed by atoms with van der Waals surface area (Å²) in [6, 6.07) is 15.4. The van der Waals surface area contributed by atoms with Crippen LogP contribution in [0.4, 0.5) is 26.6 Å². The maximum atomic E-state index is 14.0. The highest BCUT2D eigenvalue weighted by molar-refractivity contribution is 7.14. The van der Waals surface area contributed by atoms with Gasteiger partial charge < -0.3 is 16.4 Å². The molecule has 0 unspecified atom stereocenters. The molecule has 3 aromatic heterocycles. The fraction of sp³-hybridized carbons (Fsp3) is 0.179. The number of aromatic nitrogens is 3. The number of hydrogen-bond donors (Lipinski definition) is 3. The first-order valence-electron chi connectivity index (χ1n) is 12.4. The molecule has 1 aliphatic heterocycles. The van der Waals surface area contributed by atoms with E-state index in [2.05, 4.69) is 43.2 Å². The highest BCUT2D eigenvalue weighted by Crippen LogP contribution is 2.29. The topological polar surface area (TPSA) is 101 Å².